The third kappa shape index (κ3) is 4.29. The van der Waals surface area contributed by atoms with Gasteiger partial charge < -0.3 is 5.11 Å². The molecule has 1 heterocycles. The molecule has 0 fully saturated rings. The molecule has 26 heavy (non-hydrogen) atoms. The number of carboxylic acid groups (broad SMARTS) is 1. The highest BCUT2D eigenvalue weighted by Gasteiger charge is 2.25. The summed E-state index contributed by atoms with van der Waals surface area (Å²) >= 11 is 0. The molecule has 0 aliphatic rings. The number of aromatic carboxylic acids is 1. The molecule has 2 aromatic rings. The molecule has 0 aliphatic carbocycles. The lowest BCUT2D eigenvalue weighted by atomic mass is 9.88. The molecule has 1 aromatic heterocycles. The molecular weight excluding hydrogens is 324 g/mol. The lowest BCUT2D eigenvalue weighted by Crippen LogP contribution is -2.15. The Morgan fingerprint density at radius 2 is 1.62 bits per heavy atom. The second-order valence-electron chi connectivity index (χ2n) is 7.61. The van der Waals surface area contributed by atoms with Crippen molar-refractivity contribution in [1.29, 1.82) is 5.26 Å². The Balaban J connectivity index is 2.88. The van der Waals surface area contributed by atoms with E-state index in [1.165, 1.54) is 0 Å². The Labute approximate surface area is 155 Å². The number of pyridine rings is 1. The predicted octanol–water partition coefficient (Wildman–Crippen LogP) is 5.02. The number of hydrogen-bond donors (Lipinski definition) is 1. The van der Waals surface area contributed by atoms with Crippen LogP contribution in [0.15, 0.2) is 24.3 Å². The van der Waals surface area contributed by atoms with Gasteiger partial charge in [-0.1, -0.05) is 57.5 Å². The monoisotopic (exact) mass is 350 g/mol. The summed E-state index contributed by atoms with van der Waals surface area (Å²) in [5.74, 6) is -0.439. The van der Waals surface area contributed by atoms with Crippen molar-refractivity contribution < 1.29 is 9.90 Å². The molecule has 4 heteroatoms. The van der Waals surface area contributed by atoms with E-state index in [0.717, 1.165) is 11.1 Å². The summed E-state index contributed by atoms with van der Waals surface area (Å²) in [6, 6.07) is 9.88. The van der Waals surface area contributed by atoms with Crippen LogP contribution in [-0.2, 0) is 12.8 Å². The Kier molecular flexibility index (Phi) is 6.15. The minimum atomic E-state index is -1.03. The van der Waals surface area contributed by atoms with E-state index >= 15 is 0 Å². The Hall–Kier alpha value is -2.67. The molecule has 0 spiro atoms. The summed E-state index contributed by atoms with van der Waals surface area (Å²) in [6.45, 7) is 10.2. The molecule has 0 amide bonds. The number of rotatable bonds is 6. The molecule has 4 nitrogen and oxygen atoms in total. The fourth-order valence-electron chi connectivity index (χ4n) is 3.12. The first-order valence-electron chi connectivity index (χ1n) is 9.00. The largest absolute Gasteiger partial charge is 0.478 e. The maximum atomic E-state index is 12.1. The SMILES string of the molecule is Cc1ccc(-c2c(C#N)c(CC(C)C)nc(CC(C)C)c2C(=O)O)cc1. The van der Waals surface area contributed by atoms with Crippen molar-refractivity contribution in [2.24, 2.45) is 11.8 Å². The van der Waals surface area contributed by atoms with Crippen molar-refractivity contribution in [2.75, 3.05) is 0 Å². The van der Waals surface area contributed by atoms with Crippen LogP contribution in [0, 0.1) is 30.1 Å². The number of carboxylic acids is 1. The van der Waals surface area contributed by atoms with Gasteiger partial charge in [-0.3, -0.25) is 4.98 Å². The standard InChI is InChI=1S/C22H26N2O2/c1-13(2)10-18-17(12-23)20(16-8-6-15(5)7-9-16)21(22(25)26)19(24-18)11-14(3)4/h6-9,13-14H,10-11H2,1-5H3,(H,25,26). The summed E-state index contributed by atoms with van der Waals surface area (Å²) in [4.78, 5) is 16.8. The quantitative estimate of drug-likeness (QED) is 0.793. The second-order valence-corrected chi connectivity index (χ2v) is 7.61. The lowest BCUT2D eigenvalue weighted by molar-refractivity contribution is 0.0695. The molecule has 136 valence electrons. The van der Waals surface area contributed by atoms with Crippen LogP contribution in [0.2, 0.25) is 0 Å². The van der Waals surface area contributed by atoms with Gasteiger partial charge in [0.1, 0.15) is 6.07 Å². The Morgan fingerprint density at radius 3 is 2.08 bits per heavy atom. The normalized spacial score (nSPS) is 11.0. The minimum absolute atomic E-state index is 0.159. The molecule has 0 atom stereocenters. The van der Waals surface area contributed by atoms with Gasteiger partial charge in [-0.25, -0.2) is 4.79 Å². The van der Waals surface area contributed by atoms with Gasteiger partial charge in [-0.2, -0.15) is 5.26 Å². The highest BCUT2D eigenvalue weighted by Crippen LogP contribution is 2.33. The zero-order valence-corrected chi connectivity index (χ0v) is 16.1. The van der Waals surface area contributed by atoms with Gasteiger partial charge in [0.2, 0.25) is 0 Å². The summed E-state index contributed by atoms with van der Waals surface area (Å²) < 4.78 is 0. The molecule has 2 rings (SSSR count). The van der Waals surface area contributed by atoms with E-state index in [0.29, 0.717) is 41.3 Å². The molecule has 0 radical (unpaired) electrons. The topological polar surface area (TPSA) is 74.0 Å². The van der Waals surface area contributed by atoms with Crippen molar-refractivity contribution in [3.8, 4) is 17.2 Å². The fourth-order valence-corrected chi connectivity index (χ4v) is 3.12. The molecule has 0 saturated carbocycles. The van der Waals surface area contributed by atoms with Gasteiger partial charge in [-0.15, -0.1) is 0 Å². The minimum Gasteiger partial charge on any atom is -0.478 e. The summed E-state index contributed by atoms with van der Waals surface area (Å²) in [5, 5.41) is 19.7. The second kappa shape index (κ2) is 8.14. The van der Waals surface area contributed by atoms with Gasteiger partial charge in [0, 0.05) is 5.56 Å². The van der Waals surface area contributed by atoms with E-state index in [9.17, 15) is 15.2 Å². The number of aromatic nitrogens is 1. The Bertz CT molecular complexity index is 844. The maximum Gasteiger partial charge on any atom is 0.338 e. The summed E-state index contributed by atoms with van der Waals surface area (Å²) in [7, 11) is 0. The maximum absolute atomic E-state index is 12.1. The smallest absolute Gasteiger partial charge is 0.338 e. The van der Waals surface area contributed by atoms with Crippen molar-refractivity contribution in [3.05, 3.63) is 52.3 Å². The molecule has 0 saturated heterocycles. The highest BCUT2D eigenvalue weighted by atomic mass is 16.4. The van der Waals surface area contributed by atoms with Gasteiger partial charge in [-0.05, 0) is 37.2 Å². The number of carbonyl (C=O) groups is 1. The zero-order valence-electron chi connectivity index (χ0n) is 16.1. The van der Waals surface area contributed by atoms with Crippen LogP contribution >= 0.6 is 0 Å². The van der Waals surface area contributed by atoms with E-state index in [-0.39, 0.29) is 11.5 Å². The summed E-state index contributed by atoms with van der Waals surface area (Å²) in [5.41, 5.74) is 4.14. The van der Waals surface area contributed by atoms with Gasteiger partial charge in [0.15, 0.2) is 0 Å². The van der Waals surface area contributed by atoms with Crippen LogP contribution in [0.3, 0.4) is 0 Å². The molecular formula is C22H26N2O2. The first-order chi connectivity index (χ1) is 12.2. The molecule has 0 bridgehead atoms. The number of nitrogens with zero attached hydrogens (tertiary/aromatic N) is 2. The molecule has 0 unspecified atom stereocenters. The zero-order chi connectivity index (χ0) is 19.4. The first kappa shape index (κ1) is 19.7. The van der Waals surface area contributed by atoms with E-state index in [4.69, 9.17) is 0 Å². The van der Waals surface area contributed by atoms with E-state index < -0.39 is 5.97 Å². The van der Waals surface area contributed by atoms with Crippen LogP contribution in [-0.4, -0.2) is 16.1 Å². The Morgan fingerprint density at radius 1 is 1.08 bits per heavy atom. The molecule has 1 aromatic carbocycles. The average Bonchev–Trinajstić information content (AvgIpc) is 2.53. The van der Waals surface area contributed by atoms with Crippen molar-refractivity contribution in [3.63, 3.8) is 0 Å². The number of nitriles is 1. The fraction of sp³-hybridized carbons (Fsp3) is 0.409. The van der Waals surface area contributed by atoms with Crippen molar-refractivity contribution in [1.82, 2.24) is 4.98 Å². The van der Waals surface area contributed by atoms with Crippen LogP contribution in [0.4, 0.5) is 0 Å². The number of aryl methyl sites for hydroxylation is 1. The van der Waals surface area contributed by atoms with Crippen molar-refractivity contribution >= 4 is 5.97 Å². The van der Waals surface area contributed by atoms with Crippen LogP contribution in [0.5, 0.6) is 0 Å². The summed E-state index contributed by atoms with van der Waals surface area (Å²) in [6.07, 6.45) is 1.21. The van der Waals surface area contributed by atoms with Gasteiger partial charge in [0.25, 0.3) is 0 Å². The third-order valence-electron chi connectivity index (χ3n) is 4.22. The van der Waals surface area contributed by atoms with Crippen LogP contribution in [0.25, 0.3) is 11.1 Å². The van der Waals surface area contributed by atoms with E-state index in [2.05, 4.69) is 24.9 Å². The van der Waals surface area contributed by atoms with E-state index in [1.807, 2.05) is 45.0 Å². The van der Waals surface area contributed by atoms with Crippen LogP contribution < -0.4 is 0 Å². The molecule has 0 aliphatic heterocycles. The van der Waals surface area contributed by atoms with Gasteiger partial charge >= 0.3 is 5.97 Å². The van der Waals surface area contributed by atoms with Gasteiger partial charge in [0.05, 0.1) is 22.5 Å². The molecule has 1 N–H and O–H groups in total. The number of benzene rings is 1. The number of hydrogen-bond acceptors (Lipinski definition) is 3. The highest BCUT2D eigenvalue weighted by molar-refractivity contribution is 5.99. The predicted molar refractivity (Wildman–Crippen MR) is 103 cm³/mol. The van der Waals surface area contributed by atoms with E-state index in [1.54, 1.807) is 0 Å². The van der Waals surface area contributed by atoms with Crippen LogP contribution in [0.1, 0.15) is 60.6 Å². The first-order valence-corrected chi connectivity index (χ1v) is 9.00. The lowest BCUT2D eigenvalue weighted by Gasteiger charge is -2.18. The van der Waals surface area contributed by atoms with Crippen molar-refractivity contribution in [2.45, 2.75) is 47.5 Å². The average molecular weight is 350 g/mol. The third-order valence-corrected chi connectivity index (χ3v) is 4.22.